The lowest BCUT2D eigenvalue weighted by atomic mass is 10.1. The molecule has 0 aliphatic carbocycles. The van der Waals surface area contributed by atoms with Crippen LogP contribution in [0, 0.1) is 0 Å². The number of piperazine rings is 1. The number of nitrogens with zero attached hydrogens (tertiary/aromatic N) is 3. The Balaban J connectivity index is 1.65. The average molecular weight is 390 g/mol. The zero-order valence-electron chi connectivity index (χ0n) is 15.0. The van der Waals surface area contributed by atoms with E-state index in [4.69, 9.17) is 5.73 Å². The van der Waals surface area contributed by atoms with E-state index in [0.29, 0.717) is 19.5 Å². The Morgan fingerprint density at radius 2 is 1.70 bits per heavy atom. The van der Waals surface area contributed by atoms with Crippen LogP contribution in [0.25, 0.3) is 0 Å². The van der Waals surface area contributed by atoms with E-state index in [2.05, 4.69) is 0 Å². The van der Waals surface area contributed by atoms with Gasteiger partial charge in [-0.25, -0.2) is 8.42 Å². The van der Waals surface area contributed by atoms with Gasteiger partial charge in [-0.2, -0.15) is 4.31 Å². The summed E-state index contributed by atoms with van der Waals surface area (Å²) in [6, 6.07) is 10.7. The van der Waals surface area contributed by atoms with Crippen molar-refractivity contribution in [3.05, 3.63) is 53.9 Å². The van der Waals surface area contributed by atoms with Gasteiger partial charge in [-0.05, 0) is 11.6 Å². The molecule has 1 fully saturated rings. The lowest BCUT2D eigenvalue weighted by Gasteiger charge is -2.33. The number of aryl methyl sites for hydroxylation is 1. The zero-order valence-corrected chi connectivity index (χ0v) is 15.9. The predicted octanol–water partition coefficient (Wildman–Crippen LogP) is 0.200. The second-order valence-corrected chi connectivity index (χ2v) is 8.42. The van der Waals surface area contributed by atoms with E-state index in [1.54, 1.807) is 11.9 Å². The van der Waals surface area contributed by atoms with Gasteiger partial charge in [0.05, 0.1) is 6.42 Å². The van der Waals surface area contributed by atoms with Crippen LogP contribution >= 0.6 is 0 Å². The molecule has 0 spiro atoms. The van der Waals surface area contributed by atoms with Crippen molar-refractivity contribution >= 4 is 21.8 Å². The number of carbonyl (C=O) groups is 2. The summed E-state index contributed by atoms with van der Waals surface area (Å²) in [5.41, 5.74) is 6.31. The third kappa shape index (κ3) is 4.04. The number of benzene rings is 1. The molecule has 1 aliphatic rings. The summed E-state index contributed by atoms with van der Waals surface area (Å²) in [6.45, 7) is 1.09. The van der Waals surface area contributed by atoms with Crippen molar-refractivity contribution in [3.8, 4) is 0 Å². The molecule has 3 rings (SSSR count). The molecule has 9 heteroatoms. The minimum atomic E-state index is -3.74. The molecule has 2 aromatic rings. The monoisotopic (exact) mass is 390 g/mol. The van der Waals surface area contributed by atoms with E-state index in [1.165, 1.54) is 21.1 Å². The number of carbonyl (C=O) groups excluding carboxylic acids is 2. The van der Waals surface area contributed by atoms with Crippen LogP contribution in [0.5, 0.6) is 0 Å². The van der Waals surface area contributed by atoms with Crippen molar-refractivity contribution in [2.45, 2.75) is 11.3 Å². The Morgan fingerprint density at radius 3 is 2.26 bits per heavy atom. The lowest BCUT2D eigenvalue weighted by molar-refractivity contribution is -0.131. The van der Waals surface area contributed by atoms with Crippen LogP contribution in [0.1, 0.15) is 16.1 Å². The SMILES string of the molecule is Cn1cc(S(=O)(=O)N2CCN(C(=O)Cc3ccccc3)CC2)cc1C(N)=O. The molecule has 8 nitrogen and oxygen atoms in total. The summed E-state index contributed by atoms with van der Waals surface area (Å²) in [6.07, 6.45) is 1.68. The standard InChI is InChI=1S/C18H22N4O4S/c1-20-13-15(12-16(20)18(19)24)27(25,26)22-9-7-21(8-10-22)17(23)11-14-5-3-2-4-6-14/h2-6,12-13H,7-11H2,1H3,(H2,19,24). The van der Waals surface area contributed by atoms with Gasteiger partial charge in [0.25, 0.3) is 5.91 Å². The summed E-state index contributed by atoms with van der Waals surface area (Å²) in [4.78, 5) is 25.5. The van der Waals surface area contributed by atoms with Gasteiger partial charge >= 0.3 is 0 Å². The van der Waals surface area contributed by atoms with Crippen LogP contribution < -0.4 is 5.73 Å². The van der Waals surface area contributed by atoms with Crippen LogP contribution in [0.2, 0.25) is 0 Å². The number of aromatic nitrogens is 1. The molecule has 2 N–H and O–H groups in total. The van der Waals surface area contributed by atoms with Gasteiger partial charge in [0, 0.05) is 39.4 Å². The molecule has 2 amide bonds. The van der Waals surface area contributed by atoms with Crippen molar-refractivity contribution < 1.29 is 18.0 Å². The highest BCUT2D eigenvalue weighted by Gasteiger charge is 2.31. The van der Waals surface area contributed by atoms with Gasteiger partial charge in [-0.1, -0.05) is 30.3 Å². The fraction of sp³-hybridized carbons (Fsp3) is 0.333. The molecule has 0 atom stereocenters. The molecular weight excluding hydrogens is 368 g/mol. The summed E-state index contributed by atoms with van der Waals surface area (Å²) in [5, 5.41) is 0. The van der Waals surface area contributed by atoms with Crippen molar-refractivity contribution in [3.63, 3.8) is 0 Å². The summed E-state index contributed by atoms with van der Waals surface area (Å²) < 4.78 is 28.3. The number of sulfonamides is 1. The molecule has 1 aliphatic heterocycles. The number of hydrogen-bond donors (Lipinski definition) is 1. The quantitative estimate of drug-likeness (QED) is 0.787. The highest BCUT2D eigenvalue weighted by atomic mass is 32.2. The first-order valence-corrected chi connectivity index (χ1v) is 10.0. The first-order valence-electron chi connectivity index (χ1n) is 8.57. The second-order valence-electron chi connectivity index (χ2n) is 6.48. The summed E-state index contributed by atoms with van der Waals surface area (Å²) in [5.74, 6) is -0.704. The molecule has 1 saturated heterocycles. The maximum Gasteiger partial charge on any atom is 0.265 e. The van der Waals surface area contributed by atoms with Crippen LogP contribution in [-0.2, 0) is 28.3 Å². The van der Waals surface area contributed by atoms with Gasteiger partial charge in [0.15, 0.2) is 0 Å². The number of amides is 2. The number of nitrogens with two attached hydrogens (primary N) is 1. The number of hydrogen-bond acceptors (Lipinski definition) is 4. The topological polar surface area (TPSA) is 106 Å². The molecular formula is C18H22N4O4S. The highest BCUT2D eigenvalue weighted by Crippen LogP contribution is 2.20. The van der Waals surface area contributed by atoms with E-state index in [0.717, 1.165) is 5.56 Å². The van der Waals surface area contributed by atoms with Gasteiger partial charge in [-0.3, -0.25) is 9.59 Å². The summed E-state index contributed by atoms with van der Waals surface area (Å²) in [7, 11) is -2.17. The third-order valence-electron chi connectivity index (χ3n) is 4.66. The molecule has 1 aromatic heterocycles. The maximum atomic E-state index is 12.8. The third-order valence-corrected chi connectivity index (χ3v) is 6.52. The first-order chi connectivity index (χ1) is 12.8. The number of rotatable bonds is 5. The van der Waals surface area contributed by atoms with Crippen LogP contribution in [0.15, 0.2) is 47.5 Å². The Hall–Kier alpha value is -2.65. The molecule has 1 aromatic carbocycles. The van der Waals surface area contributed by atoms with E-state index >= 15 is 0 Å². The largest absolute Gasteiger partial charge is 0.364 e. The minimum Gasteiger partial charge on any atom is -0.364 e. The molecule has 0 radical (unpaired) electrons. The zero-order chi connectivity index (χ0) is 19.6. The molecule has 27 heavy (non-hydrogen) atoms. The first kappa shape index (κ1) is 19.1. The van der Waals surface area contributed by atoms with Crippen molar-refractivity contribution in [1.29, 1.82) is 0 Å². The number of primary amides is 1. The maximum absolute atomic E-state index is 12.8. The Morgan fingerprint density at radius 1 is 1.07 bits per heavy atom. The van der Waals surface area contributed by atoms with Gasteiger partial charge < -0.3 is 15.2 Å². The van der Waals surface area contributed by atoms with E-state index in [9.17, 15) is 18.0 Å². The van der Waals surface area contributed by atoms with Gasteiger partial charge in [-0.15, -0.1) is 0 Å². The second kappa shape index (κ2) is 7.53. The predicted molar refractivity (Wildman–Crippen MR) is 99.4 cm³/mol. The fourth-order valence-corrected chi connectivity index (χ4v) is 4.62. The van der Waals surface area contributed by atoms with E-state index in [-0.39, 0.29) is 29.6 Å². The molecule has 2 heterocycles. The fourth-order valence-electron chi connectivity index (χ4n) is 3.13. The Bertz CT molecular complexity index is 945. The smallest absolute Gasteiger partial charge is 0.265 e. The highest BCUT2D eigenvalue weighted by molar-refractivity contribution is 7.89. The summed E-state index contributed by atoms with van der Waals surface area (Å²) >= 11 is 0. The van der Waals surface area contributed by atoms with E-state index < -0.39 is 15.9 Å². The van der Waals surface area contributed by atoms with E-state index in [1.807, 2.05) is 30.3 Å². The Kier molecular flexibility index (Phi) is 5.33. The van der Waals surface area contributed by atoms with Crippen molar-refractivity contribution in [2.24, 2.45) is 12.8 Å². The lowest BCUT2D eigenvalue weighted by Crippen LogP contribution is -2.50. The normalized spacial score (nSPS) is 15.7. The van der Waals surface area contributed by atoms with Gasteiger partial charge in [0.2, 0.25) is 15.9 Å². The molecule has 144 valence electrons. The minimum absolute atomic E-state index is 0.0195. The molecule has 0 saturated carbocycles. The Labute approximate surface area is 158 Å². The molecule has 0 bridgehead atoms. The molecule has 0 unspecified atom stereocenters. The average Bonchev–Trinajstić information content (AvgIpc) is 3.05. The van der Waals surface area contributed by atoms with Crippen LogP contribution in [0.4, 0.5) is 0 Å². The van der Waals surface area contributed by atoms with Crippen molar-refractivity contribution in [2.75, 3.05) is 26.2 Å². The van der Waals surface area contributed by atoms with Gasteiger partial charge in [0.1, 0.15) is 10.6 Å². The van der Waals surface area contributed by atoms with Crippen LogP contribution in [-0.4, -0.2) is 60.2 Å². The van der Waals surface area contributed by atoms with Crippen LogP contribution in [0.3, 0.4) is 0 Å². The van der Waals surface area contributed by atoms with Crippen molar-refractivity contribution in [1.82, 2.24) is 13.8 Å².